The third-order valence-electron chi connectivity index (χ3n) is 33.0. The zero-order chi connectivity index (χ0) is 84.9. The van der Waals surface area contributed by atoms with E-state index >= 15 is 4.39 Å². The molecular formula is C121H173F. The van der Waals surface area contributed by atoms with E-state index in [1.165, 1.54) is 365 Å². The zero-order valence-electron chi connectivity index (χ0n) is 78.9. The van der Waals surface area contributed by atoms with Gasteiger partial charge < -0.3 is 0 Å². The first-order valence-electron chi connectivity index (χ1n) is 52.7. The molecule has 8 saturated carbocycles. The number of rotatable bonds is 33. The predicted octanol–water partition coefficient (Wildman–Crippen LogP) is 38.5. The van der Waals surface area contributed by atoms with Crippen molar-refractivity contribution in [2.75, 3.05) is 0 Å². The molecule has 0 unspecified atom stereocenters. The van der Waals surface area contributed by atoms with E-state index in [0.717, 1.165) is 100 Å². The molecule has 8 aliphatic rings. The molecule has 15 rings (SSSR count). The van der Waals surface area contributed by atoms with Gasteiger partial charge in [0.2, 0.25) is 0 Å². The summed E-state index contributed by atoms with van der Waals surface area (Å²) in [6, 6.07) is 61.4. The maximum atomic E-state index is 15.1. The molecule has 0 aliphatic heterocycles. The Labute approximate surface area is 748 Å². The number of allylic oxidation sites excluding steroid dienone is 3. The molecule has 7 aromatic rings. The number of benzene rings is 7. The Morgan fingerprint density at radius 2 is 0.500 bits per heavy atom. The van der Waals surface area contributed by atoms with Gasteiger partial charge in [-0.05, 0) is 372 Å². The Morgan fingerprint density at radius 3 is 0.803 bits per heavy atom. The van der Waals surface area contributed by atoms with Crippen LogP contribution in [0, 0.1) is 70.9 Å². The Hall–Kier alpha value is -6.05. The van der Waals surface area contributed by atoms with Crippen LogP contribution in [0.1, 0.15) is 439 Å². The minimum absolute atomic E-state index is 0.0523. The molecule has 0 nitrogen and oxygen atoms in total. The van der Waals surface area contributed by atoms with Crippen molar-refractivity contribution in [1.82, 2.24) is 0 Å². The highest BCUT2D eigenvalue weighted by Gasteiger charge is 2.33. The van der Waals surface area contributed by atoms with Crippen molar-refractivity contribution in [2.24, 2.45) is 65.1 Å². The fourth-order valence-electron chi connectivity index (χ4n) is 24.5. The van der Waals surface area contributed by atoms with Gasteiger partial charge in [0.05, 0.1) is 0 Å². The van der Waals surface area contributed by atoms with E-state index in [-0.39, 0.29) is 5.82 Å². The summed E-state index contributed by atoms with van der Waals surface area (Å²) in [5.74, 6) is 14.1. The lowest BCUT2D eigenvalue weighted by Gasteiger charge is -2.37. The van der Waals surface area contributed by atoms with Crippen LogP contribution in [0.3, 0.4) is 0 Å². The second kappa shape index (κ2) is 52.3. The van der Waals surface area contributed by atoms with E-state index in [0.29, 0.717) is 11.8 Å². The summed E-state index contributed by atoms with van der Waals surface area (Å²) in [5, 5.41) is 0. The van der Waals surface area contributed by atoms with Gasteiger partial charge in [0, 0.05) is 5.56 Å². The van der Waals surface area contributed by atoms with Crippen LogP contribution in [0.4, 0.5) is 4.39 Å². The SMILES string of the molecule is C=CC1CCC(/C=C/C2CCC(C3CCC(CCCC)CC3)CC2)CC1.CCCCCC1CCC(c2ccc(-c3ccc(-c4ccc(CC)cc4)cc3)cc2)CC1.CCCCCC1CCC(c2ccc(-c3ccc(C4CCC(CCC)CC4)cc3)cc2)CC1.CCCCCC1CCC(c2ccc(-c3ccc(C4CCC(CCC)CC4)cc3F)cc2)CC1. The second-order valence-electron chi connectivity index (χ2n) is 41.4. The third-order valence-corrected chi connectivity index (χ3v) is 33.0. The lowest BCUT2D eigenvalue weighted by Crippen LogP contribution is -2.25. The molecule has 0 bridgehead atoms. The van der Waals surface area contributed by atoms with E-state index in [1.54, 1.807) is 29.5 Å². The minimum atomic E-state index is -0.0523. The molecule has 0 amide bonds. The zero-order valence-corrected chi connectivity index (χ0v) is 78.9. The molecular weight excluding hydrogens is 1470 g/mol. The largest absolute Gasteiger partial charge is 0.206 e. The van der Waals surface area contributed by atoms with Crippen LogP contribution in [0.25, 0.3) is 44.5 Å². The van der Waals surface area contributed by atoms with Gasteiger partial charge in [-0.15, -0.1) is 6.58 Å². The predicted molar refractivity (Wildman–Crippen MR) is 531 cm³/mol. The number of halogens is 1. The average molecular weight is 1650 g/mol. The fraction of sp³-hybridized carbons (Fsp3) is 0.620. The van der Waals surface area contributed by atoms with Crippen LogP contribution < -0.4 is 0 Å². The lowest BCUT2D eigenvalue weighted by molar-refractivity contribution is 0.151. The fourth-order valence-corrected chi connectivity index (χ4v) is 24.5. The summed E-state index contributed by atoms with van der Waals surface area (Å²) >= 11 is 0. The van der Waals surface area contributed by atoms with Gasteiger partial charge in [0.1, 0.15) is 5.82 Å². The van der Waals surface area contributed by atoms with Gasteiger partial charge >= 0.3 is 0 Å². The van der Waals surface area contributed by atoms with Gasteiger partial charge in [0.25, 0.3) is 0 Å². The molecule has 0 atom stereocenters. The van der Waals surface area contributed by atoms with Crippen molar-refractivity contribution >= 4 is 0 Å². The minimum Gasteiger partial charge on any atom is -0.206 e. The van der Waals surface area contributed by atoms with Crippen LogP contribution in [0.15, 0.2) is 189 Å². The van der Waals surface area contributed by atoms with Crippen LogP contribution in [-0.2, 0) is 6.42 Å². The van der Waals surface area contributed by atoms with Crippen molar-refractivity contribution in [1.29, 1.82) is 0 Å². The van der Waals surface area contributed by atoms with Gasteiger partial charge in [-0.3, -0.25) is 0 Å². The average Bonchev–Trinajstić information content (AvgIpc) is 0.812. The number of hydrogen-bond acceptors (Lipinski definition) is 0. The molecule has 0 heterocycles. The third kappa shape index (κ3) is 29.8. The molecule has 1 heteroatoms. The summed E-state index contributed by atoms with van der Waals surface area (Å²) in [7, 11) is 0. The first kappa shape index (κ1) is 95.1. The van der Waals surface area contributed by atoms with Gasteiger partial charge in [0.15, 0.2) is 0 Å². The smallest absolute Gasteiger partial charge is 0.131 e. The maximum Gasteiger partial charge on any atom is 0.131 e. The molecule has 0 aromatic heterocycles. The standard InChI is InChI=1S/C32H45F.C32H46.C31H38.C26H44/c1-3-5-6-8-25-11-13-26(14-12-25)27-17-19-29(20-18-27)31-22-21-30(23-32(31)33)28-15-9-24(7-4-2)10-16-28;1-3-5-6-8-26-11-15-28(16-12-26)30-19-23-32(24-20-30)31-21-17-29(18-22-31)27-13-9-25(7-4-2)10-14-27;1-3-5-6-7-25-10-14-27(15-11-25)29-18-22-31(23-19-29)30-20-16-28(17-21-30)26-12-8-24(4-2)9-13-26;1-3-5-6-22-13-17-25(18-14-22)26-19-15-24(16-20-26)12-11-23-9-7-21(4-2)8-10-23/h17-26,28H,3-16H2,1-2H3;17-28H,3-16H2,1-2H3;8-9,12-13,16-23,25,27H,3-7,10-11,14-15H2,1-2H3;4,11-12,21-26H,2-3,5-10,13-20H2,1H3/b;;;12-11+. The molecule has 0 N–H and O–H groups in total. The van der Waals surface area contributed by atoms with Crippen LogP contribution >= 0.6 is 0 Å². The summed E-state index contributed by atoms with van der Waals surface area (Å²) < 4.78 is 15.1. The normalized spacial score (nSPS) is 27.0. The molecule has 0 spiro atoms. The van der Waals surface area contributed by atoms with Crippen molar-refractivity contribution in [3.05, 3.63) is 228 Å². The van der Waals surface area contributed by atoms with Crippen molar-refractivity contribution in [3.63, 3.8) is 0 Å². The first-order chi connectivity index (χ1) is 60.0. The molecule has 664 valence electrons. The summed E-state index contributed by atoms with van der Waals surface area (Å²) in [6.45, 7) is 20.0. The molecule has 7 aromatic carbocycles. The maximum absolute atomic E-state index is 15.1. The Bertz CT molecular complexity index is 3950. The second-order valence-corrected chi connectivity index (χ2v) is 41.4. The van der Waals surface area contributed by atoms with E-state index in [9.17, 15) is 0 Å². The quantitative estimate of drug-likeness (QED) is 0.0284. The number of aryl methyl sites for hydroxylation is 1. The molecule has 8 fully saturated rings. The highest BCUT2D eigenvalue weighted by atomic mass is 19.1. The van der Waals surface area contributed by atoms with E-state index in [1.807, 2.05) is 12.1 Å². The Morgan fingerprint density at radius 1 is 0.246 bits per heavy atom. The van der Waals surface area contributed by atoms with E-state index in [4.69, 9.17) is 0 Å². The summed E-state index contributed by atoms with van der Waals surface area (Å²) in [6.07, 6.45) is 80.2. The summed E-state index contributed by atoms with van der Waals surface area (Å²) in [5.41, 5.74) is 18.5. The molecule has 122 heavy (non-hydrogen) atoms. The lowest BCUT2D eigenvalue weighted by atomic mass is 9.68. The van der Waals surface area contributed by atoms with Crippen molar-refractivity contribution in [3.8, 4) is 44.5 Å². The highest BCUT2D eigenvalue weighted by Crippen LogP contribution is 2.47. The Balaban J connectivity index is 0.000000149. The van der Waals surface area contributed by atoms with Gasteiger partial charge in [-0.25, -0.2) is 4.39 Å². The number of hydrogen-bond donors (Lipinski definition) is 0. The van der Waals surface area contributed by atoms with Crippen LogP contribution in [0.2, 0.25) is 0 Å². The van der Waals surface area contributed by atoms with Crippen LogP contribution in [0.5, 0.6) is 0 Å². The van der Waals surface area contributed by atoms with Crippen LogP contribution in [-0.4, -0.2) is 0 Å². The van der Waals surface area contributed by atoms with Crippen molar-refractivity contribution in [2.45, 2.75) is 412 Å². The number of unbranched alkanes of at least 4 members (excludes halogenated alkanes) is 7. The first-order valence-corrected chi connectivity index (χ1v) is 52.7. The van der Waals surface area contributed by atoms with Gasteiger partial charge in [-0.2, -0.15) is 0 Å². The molecule has 0 radical (unpaired) electrons. The van der Waals surface area contributed by atoms with Gasteiger partial charge in [-0.1, -0.05) is 359 Å². The Kier molecular flexibility index (Phi) is 40.7. The van der Waals surface area contributed by atoms with E-state index in [2.05, 4.69) is 225 Å². The topological polar surface area (TPSA) is 0 Å². The summed E-state index contributed by atoms with van der Waals surface area (Å²) in [4.78, 5) is 0. The molecule has 0 saturated heterocycles. The monoisotopic (exact) mass is 1650 g/mol. The van der Waals surface area contributed by atoms with Crippen molar-refractivity contribution < 1.29 is 4.39 Å². The highest BCUT2D eigenvalue weighted by molar-refractivity contribution is 5.71. The van der Waals surface area contributed by atoms with E-state index < -0.39 is 0 Å². The molecule has 8 aliphatic carbocycles.